The van der Waals surface area contributed by atoms with Crippen molar-refractivity contribution in [3.8, 4) is 0 Å². The minimum absolute atomic E-state index is 0.0684. The molecule has 1 aliphatic rings. The van der Waals surface area contributed by atoms with Crippen LogP contribution in [-0.4, -0.2) is 13.7 Å². The van der Waals surface area contributed by atoms with Gasteiger partial charge in [-0.05, 0) is 24.3 Å². The van der Waals surface area contributed by atoms with Crippen molar-refractivity contribution in [3.05, 3.63) is 17.5 Å². The van der Waals surface area contributed by atoms with E-state index in [4.69, 9.17) is 0 Å². The first-order valence-electron chi connectivity index (χ1n) is 3.48. The summed E-state index contributed by atoms with van der Waals surface area (Å²) in [7, 11) is -2.90. The van der Waals surface area contributed by atoms with Gasteiger partial charge in [-0.3, -0.25) is 0 Å². The topological polar surface area (TPSA) is 34.1 Å². The molecule has 0 aromatic carbocycles. The van der Waals surface area contributed by atoms with E-state index in [-0.39, 0.29) is 5.25 Å². The van der Waals surface area contributed by atoms with Crippen molar-refractivity contribution < 1.29 is 8.42 Å². The van der Waals surface area contributed by atoms with Crippen LogP contribution in [0.25, 0.3) is 0 Å². The minimum atomic E-state index is -2.90. The summed E-state index contributed by atoms with van der Waals surface area (Å²) in [6.45, 7) is 0. The predicted molar refractivity (Wildman–Crippen MR) is 44.5 cm³/mol. The molecule has 1 fully saturated rings. The van der Waals surface area contributed by atoms with E-state index in [1.54, 1.807) is 17.5 Å². The van der Waals surface area contributed by atoms with E-state index in [0.717, 1.165) is 12.8 Å². The first-order chi connectivity index (χ1) is 5.21. The normalized spacial score (nSPS) is 18.5. The summed E-state index contributed by atoms with van der Waals surface area (Å²) < 4.78 is 23.5. The fourth-order valence-corrected chi connectivity index (χ4v) is 3.88. The van der Waals surface area contributed by atoms with E-state index in [0.29, 0.717) is 4.21 Å². The summed E-state index contributed by atoms with van der Waals surface area (Å²) in [5.74, 6) is 0. The van der Waals surface area contributed by atoms with Crippen LogP contribution in [0.4, 0.5) is 0 Å². The number of thiophene rings is 1. The Kier molecular flexibility index (Phi) is 1.54. The SMILES string of the molecule is O=S(=O)(c1cccs1)C1CC1. The highest BCUT2D eigenvalue weighted by atomic mass is 32.2. The first kappa shape index (κ1) is 7.31. The maximum Gasteiger partial charge on any atom is 0.190 e. The summed E-state index contributed by atoms with van der Waals surface area (Å²) in [5.41, 5.74) is 0. The fraction of sp³-hybridized carbons (Fsp3) is 0.429. The van der Waals surface area contributed by atoms with E-state index in [2.05, 4.69) is 0 Å². The fourth-order valence-electron chi connectivity index (χ4n) is 0.968. The molecule has 2 rings (SSSR count). The maximum absolute atomic E-state index is 11.5. The second-order valence-corrected chi connectivity index (χ2v) is 6.08. The Balaban J connectivity index is 2.42. The molecule has 1 aromatic heterocycles. The molecule has 1 aromatic rings. The summed E-state index contributed by atoms with van der Waals surface area (Å²) in [5, 5.41) is 1.73. The van der Waals surface area contributed by atoms with Gasteiger partial charge in [0, 0.05) is 0 Å². The monoisotopic (exact) mass is 188 g/mol. The van der Waals surface area contributed by atoms with E-state index in [1.807, 2.05) is 0 Å². The lowest BCUT2D eigenvalue weighted by molar-refractivity contribution is 0.597. The Hall–Kier alpha value is -0.350. The molecule has 4 heteroatoms. The Morgan fingerprint density at radius 2 is 2.18 bits per heavy atom. The smallest absolute Gasteiger partial charge is 0.190 e. The van der Waals surface area contributed by atoms with Crippen LogP contribution in [0.15, 0.2) is 21.7 Å². The van der Waals surface area contributed by atoms with Crippen LogP contribution >= 0.6 is 11.3 Å². The second kappa shape index (κ2) is 2.32. The van der Waals surface area contributed by atoms with Crippen molar-refractivity contribution >= 4 is 21.2 Å². The van der Waals surface area contributed by atoms with Crippen molar-refractivity contribution in [2.45, 2.75) is 22.3 Å². The molecule has 0 atom stereocenters. The number of hydrogen-bond donors (Lipinski definition) is 0. The molecule has 0 bridgehead atoms. The highest BCUT2D eigenvalue weighted by Crippen LogP contribution is 2.34. The van der Waals surface area contributed by atoms with E-state index < -0.39 is 9.84 Å². The Morgan fingerprint density at radius 3 is 2.64 bits per heavy atom. The average Bonchev–Trinajstić information content (AvgIpc) is 2.66. The number of rotatable bonds is 2. The molecule has 0 spiro atoms. The van der Waals surface area contributed by atoms with Gasteiger partial charge in [0.05, 0.1) is 5.25 Å². The van der Waals surface area contributed by atoms with Crippen LogP contribution in [0.3, 0.4) is 0 Å². The zero-order valence-electron chi connectivity index (χ0n) is 5.86. The maximum atomic E-state index is 11.5. The van der Waals surface area contributed by atoms with Gasteiger partial charge in [0.15, 0.2) is 9.84 Å². The Bertz CT molecular complexity index is 333. The first-order valence-corrected chi connectivity index (χ1v) is 5.91. The molecule has 0 amide bonds. The predicted octanol–water partition coefficient (Wildman–Crippen LogP) is 1.68. The molecular weight excluding hydrogens is 180 g/mol. The quantitative estimate of drug-likeness (QED) is 0.707. The third-order valence-electron chi connectivity index (χ3n) is 1.74. The largest absolute Gasteiger partial charge is 0.223 e. The summed E-state index contributed by atoms with van der Waals surface area (Å²) in [6, 6.07) is 3.46. The molecule has 2 nitrogen and oxygen atoms in total. The lowest BCUT2D eigenvalue weighted by Gasteiger charge is -1.95. The zero-order valence-corrected chi connectivity index (χ0v) is 7.49. The number of hydrogen-bond acceptors (Lipinski definition) is 3. The number of sulfone groups is 1. The summed E-state index contributed by atoms with van der Waals surface area (Å²) in [6.07, 6.45) is 1.69. The van der Waals surface area contributed by atoms with Crippen molar-refractivity contribution in [3.63, 3.8) is 0 Å². The van der Waals surface area contributed by atoms with Crippen LogP contribution in [0.1, 0.15) is 12.8 Å². The molecule has 0 aliphatic heterocycles. The highest BCUT2D eigenvalue weighted by molar-refractivity contribution is 7.94. The lowest BCUT2D eigenvalue weighted by Crippen LogP contribution is -2.04. The van der Waals surface area contributed by atoms with E-state index >= 15 is 0 Å². The summed E-state index contributed by atoms with van der Waals surface area (Å²) in [4.78, 5) is 0. The van der Waals surface area contributed by atoms with Gasteiger partial charge >= 0.3 is 0 Å². The molecular formula is C7H8O2S2. The molecule has 0 unspecified atom stereocenters. The Morgan fingerprint density at radius 1 is 1.45 bits per heavy atom. The zero-order chi connectivity index (χ0) is 7.90. The van der Waals surface area contributed by atoms with E-state index in [1.165, 1.54) is 11.3 Å². The molecule has 1 saturated carbocycles. The molecule has 1 heterocycles. The Labute approximate surface area is 69.8 Å². The molecule has 60 valence electrons. The molecule has 1 aliphatic carbocycles. The van der Waals surface area contributed by atoms with Crippen LogP contribution in [0, 0.1) is 0 Å². The van der Waals surface area contributed by atoms with Crippen LogP contribution in [0.2, 0.25) is 0 Å². The second-order valence-electron chi connectivity index (χ2n) is 2.68. The van der Waals surface area contributed by atoms with Gasteiger partial charge in [-0.15, -0.1) is 11.3 Å². The van der Waals surface area contributed by atoms with Crippen molar-refractivity contribution in [1.82, 2.24) is 0 Å². The van der Waals surface area contributed by atoms with Crippen molar-refractivity contribution in [2.24, 2.45) is 0 Å². The van der Waals surface area contributed by atoms with Crippen LogP contribution in [0.5, 0.6) is 0 Å². The average molecular weight is 188 g/mol. The summed E-state index contributed by atoms with van der Waals surface area (Å²) >= 11 is 1.31. The highest BCUT2D eigenvalue weighted by Gasteiger charge is 2.37. The van der Waals surface area contributed by atoms with Gasteiger partial charge in [0.25, 0.3) is 0 Å². The minimum Gasteiger partial charge on any atom is -0.223 e. The molecule has 0 saturated heterocycles. The molecule has 11 heavy (non-hydrogen) atoms. The third kappa shape index (κ3) is 1.20. The van der Waals surface area contributed by atoms with Gasteiger partial charge in [-0.2, -0.15) is 0 Å². The van der Waals surface area contributed by atoms with E-state index in [9.17, 15) is 8.42 Å². The van der Waals surface area contributed by atoms with Gasteiger partial charge in [0.1, 0.15) is 4.21 Å². The molecule has 0 N–H and O–H groups in total. The van der Waals surface area contributed by atoms with Gasteiger partial charge in [0.2, 0.25) is 0 Å². The van der Waals surface area contributed by atoms with Gasteiger partial charge in [-0.1, -0.05) is 6.07 Å². The van der Waals surface area contributed by atoms with Crippen molar-refractivity contribution in [2.75, 3.05) is 0 Å². The van der Waals surface area contributed by atoms with Gasteiger partial charge < -0.3 is 0 Å². The van der Waals surface area contributed by atoms with Crippen LogP contribution in [-0.2, 0) is 9.84 Å². The standard InChI is InChI=1S/C7H8O2S2/c8-11(9,6-3-4-6)7-2-1-5-10-7/h1-2,5-6H,3-4H2. The molecule has 0 radical (unpaired) electrons. The third-order valence-corrected chi connectivity index (χ3v) is 5.43. The lowest BCUT2D eigenvalue weighted by atomic mass is 10.7. The van der Waals surface area contributed by atoms with Crippen LogP contribution < -0.4 is 0 Å². The van der Waals surface area contributed by atoms with Gasteiger partial charge in [-0.25, -0.2) is 8.42 Å². The van der Waals surface area contributed by atoms with Crippen molar-refractivity contribution in [1.29, 1.82) is 0 Å².